The second kappa shape index (κ2) is 10.3. The van der Waals surface area contributed by atoms with E-state index in [4.69, 9.17) is 0 Å². The van der Waals surface area contributed by atoms with Gasteiger partial charge in [0.25, 0.3) is 0 Å². The summed E-state index contributed by atoms with van der Waals surface area (Å²) in [5, 5.41) is 5.65. The van der Waals surface area contributed by atoms with Crippen LogP contribution in [-0.2, 0) is 9.59 Å². The summed E-state index contributed by atoms with van der Waals surface area (Å²) in [6.07, 6.45) is 0.452. The summed E-state index contributed by atoms with van der Waals surface area (Å²) in [5.41, 5.74) is 0. The van der Waals surface area contributed by atoms with Gasteiger partial charge in [-0.15, -0.1) is 0 Å². The molecule has 0 aliphatic carbocycles. The molecule has 0 aromatic heterocycles. The van der Waals surface area contributed by atoms with Crippen LogP contribution in [0.4, 0.5) is 0 Å². The first kappa shape index (κ1) is 18.5. The van der Waals surface area contributed by atoms with Crippen molar-refractivity contribution in [3.05, 3.63) is 0 Å². The number of hydrogen-bond acceptors (Lipinski definition) is 3. The van der Waals surface area contributed by atoms with E-state index in [0.717, 1.165) is 0 Å². The number of rotatable bonds is 6. The van der Waals surface area contributed by atoms with Crippen molar-refractivity contribution in [1.29, 1.82) is 0 Å². The van der Waals surface area contributed by atoms with E-state index in [1.165, 1.54) is 0 Å². The average Bonchev–Trinajstić information content (AvgIpc) is 2.30. The quantitative estimate of drug-likeness (QED) is 0.748. The summed E-state index contributed by atoms with van der Waals surface area (Å²) >= 11 is 0. The van der Waals surface area contributed by atoms with Crippen LogP contribution in [0.3, 0.4) is 0 Å². The van der Waals surface area contributed by atoms with Gasteiger partial charge in [0.05, 0.1) is 12.1 Å². The summed E-state index contributed by atoms with van der Waals surface area (Å²) in [6.45, 7) is 11.4. The third-order valence-corrected chi connectivity index (χ3v) is 2.45. The van der Waals surface area contributed by atoms with Crippen LogP contribution >= 0.6 is 0 Å². The Morgan fingerprint density at radius 2 is 1.59 bits per heavy atom. The maximum Gasteiger partial charge on any atom is 0.237 e. The molecule has 17 heavy (non-hydrogen) atoms. The fraction of sp³-hybridized carbons (Fsp3) is 0.846. The highest BCUT2D eigenvalue weighted by Crippen LogP contribution is 2.01. The normalized spacial score (nSPS) is 13.4. The van der Waals surface area contributed by atoms with Crippen molar-refractivity contribution in [1.82, 2.24) is 10.6 Å². The first-order valence-electron chi connectivity index (χ1n) is 6.44. The van der Waals surface area contributed by atoms with Crippen LogP contribution in [0.15, 0.2) is 0 Å². The number of likely N-dealkylation sites (N-methyl/N-ethyl adjacent to an activating group) is 1. The number of hydrogen-bond donors (Lipinski definition) is 2. The van der Waals surface area contributed by atoms with Crippen molar-refractivity contribution in [2.45, 2.75) is 60.0 Å². The summed E-state index contributed by atoms with van der Waals surface area (Å²) in [7, 11) is 1.75. The van der Waals surface area contributed by atoms with Crippen LogP contribution in [0.1, 0.15) is 48.0 Å². The lowest BCUT2D eigenvalue weighted by atomic mass is 10.0. The largest absolute Gasteiger partial charge is 0.345 e. The van der Waals surface area contributed by atoms with E-state index in [-0.39, 0.29) is 23.7 Å². The monoisotopic (exact) mass is 244 g/mol. The molecular formula is C13H28N2O2. The van der Waals surface area contributed by atoms with E-state index in [1.807, 2.05) is 27.7 Å². The molecule has 0 fully saturated rings. The summed E-state index contributed by atoms with van der Waals surface area (Å²) in [5.74, 6) is 0.155. The summed E-state index contributed by atoms with van der Waals surface area (Å²) in [6, 6.07) is -0.630. The highest BCUT2D eigenvalue weighted by atomic mass is 16.2. The van der Waals surface area contributed by atoms with E-state index in [2.05, 4.69) is 10.6 Å². The first-order valence-corrected chi connectivity index (χ1v) is 6.44. The van der Waals surface area contributed by atoms with E-state index in [1.54, 1.807) is 20.9 Å². The number of carbonyl (C=O) groups is 2. The molecule has 0 aromatic rings. The molecule has 0 aromatic carbocycles. The molecule has 4 nitrogen and oxygen atoms in total. The highest BCUT2D eigenvalue weighted by Gasteiger charge is 2.22. The fourth-order valence-corrected chi connectivity index (χ4v) is 1.46. The summed E-state index contributed by atoms with van der Waals surface area (Å²) < 4.78 is 0. The standard InChI is InChI=1S/C11H22N2O2.C2H6/c1-6-9(14)8(4)13-11(15)10(12-5)7(2)3;1-2/h7-8,10,12H,6H2,1-5H3,(H,13,15);1-2H3/t8-,10?;/m0./s1. The van der Waals surface area contributed by atoms with Gasteiger partial charge in [-0.05, 0) is 19.9 Å². The molecule has 0 aliphatic heterocycles. The van der Waals surface area contributed by atoms with E-state index < -0.39 is 6.04 Å². The van der Waals surface area contributed by atoms with Gasteiger partial charge in [-0.2, -0.15) is 0 Å². The minimum Gasteiger partial charge on any atom is -0.345 e. The van der Waals surface area contributed by atoms with Gasteiger partial charge in [0.2, 0.25) is 5.91 Å². The van der Waals surface area contributed by atoms with E-state index in [0.29, 0.717) is 6.42 Å². The van der Waals surface area contributed by atoms with Crippen LogP contribution in [0.25, 0.3) is 0 Å². The molecular weight excluding hydrogens is 216 g/mol. The Bertz CT molecular complexity index is 227. The zero-order valence-electron chi connectivity index (χ0n) is 12.3. The Morgan fingerprint density at radius 3 is 1.88 bits per heavy atom. The third-order valence-electron chi connectivity index (χ3n) is 2.45. The van der Waals surface area contributed by atoms with Crippen molar-refractivity contribution in [2.24, 2.45) is 5.92 Å². The Balaban J connectivity index is 0. The minimum atomic E-state index is -0.392. The van der Waals surface area contributed by atoms with Gasteiger partial charge < -0.3 is 10.6 Å². The van der Waals surface area contributed by atoms with Crippen molar-refractivity contribution in [3.8, 4) is 0 Å². The van der Waals surface area contributed by atoms with Crippen molar-refractivity contribution >= 4 is 11.7 Å². The second-order valence-electron chi connectivity index (χ2n) is 4.06. The molecule has 1 amide bonds. The van der Waals surface area contributed by atoms with E-state index >= 15 is 0 Å². The average molecular weight is 244 g/mol. The van der Waals surface area contributed by atoms with Gasteiger partial charge >= 0.3 is 0 Å². The SMILES string of the molecule is CC.CCC(=O)[C@H](C)NC(=O)C(NC)C(C)C. The number of nitrogens with one attached hydrogen (secondary N) is 2. The Hall–Kier alpha value is -0.900. The molecule has 0 saturated carbocycles. The van der Waals surface area contributed by atoms with Gasteiger partial charge in [-0.1, -0.05) is 34.6 Å². The Morgan fingerprint density at radius 1 is 1.12 bits per heavy atom. The number of amides is 1. The molecule has 1 unspecified atom stereocenters. The number of Topliss-reactive ketones (excluding diaryl/α,β-unsaturated/α-hetero) is 1. The van der Waals surface area contributed by atoms with Crippen molar-refractivity contribution in [3.63, 3.8) is 0 Å². The number of carbonyl (C=O) groups excluding carboxylic acids is 2. The molecule has 0 bridgehead atoms. The molecule has 0 aliphatic rings. The predicted octanol–water partition coefficient (Wildman–Crippen LogP) is 1.74. The number of ketones is 1. The lowest BCUT2D eigenvalue weighted by Gasteiger charge is -2.21. The molecule has 2 atom stereocenters. The molecule has 0 heterocycles. The van der Waals surface area contributed by atoms with Gasteiger partial charge in [-0.25, -0.2) is 0 Å². The molecule has 102 valence electrons. The smallest absolute Gasteiger partial charge is 0.237 e. The Kier molecular flexibility index (Phi) is 11.2. The molecule has 4 heteroatoms. The van der Waals surface area contributed by atoms with E-state index in [9.17, 15) is 9.59 Å². The first-order chi connectivity index (χ1) is 7.93. The molecule has 0 saturated heterocycles. The highest BCUT2D eigenvalue weighted by molar-refractivity contribution is 5.90. The van der Waals surface area contributed by atoms with Crippen LogP contribution in [0, 0.1) is 5.92 Å². The zero-order chi connectivity index (χ0) is 14.0. The van der Waals surface area contributed by atoms with Gasteiger partial charge in [0, 0.05) is 6.42 Å². The van der Waals surface area contributed by atoms with Crippen LogP contribution in [0.2, 0.25) is 0 Å². The molecule has 2 N–H and O–H groups in total. The second-order valence-corrected chi connectivity index (χ2v) is 4.06. The van der Waals surface area contributed by atoms with Crippen LogP contribution < -0.4 is 10.6 Å². The maximum atomic E-state index is 11.7. The molecule has 0 rings (SSSR count). The van der Waals surface area contributed by atoms with Gasteiger partial charge in [0.1, 0.15) is 0 Å². The molecule has 0 spiro atoms. The maximum absolute atomic E-state index is 11.7. The zero-order valence-corrected chi connectivity index (χ0v) is 12.3. The van der Waals surface area contributed by atoms with Crippen molar-refractivity contribution < 1.29 is 9.59 Å². The Labute approximate surface area is 106 Å². The lowest BCUT2D eigenvalue weighted by molar-refractivity contribution is -0.129. The van der Waals surface area contributed by atoms with Gasteiger partial charge in [-0.3, -0.25) is 9.59 Å². The lowest BCUT2D eigenvalue weighted by Crippen LogP contribution is -2.50. The fourth-order valence-electron chi connectivity index (χ4n) is 1.46. The van der Waals surface area contributed by atoms with Crippen molar-refractivity contribution in [2.75, 3.05) is 7.05 Å². The van der Waals surface area contributed by atoms with Gasteiger partial charge in [0.15, 0.2) is 5.78 Å². The minimum absolute atomic E-state index is 0.0574. The topological polar surface area (TPSA) is 58.2 Å². The molecule has 0 radical (unpaired) electrons. The summed E-state index contributed by atoms with van der Waals surface area (Å²) in [4.78, 5) is 23.0. The van der Waals surface area contributed by atoms with Crippen LogP contribution in [0.5, 0.6) is 0 Å². The third kappa shape index (κ3) is 7.10. The predicted molar refractivity (Wildman–Crippen MR) is 71.9 cm³/mol. The van der Waals surface area contributed by atoms with Crippen LogP contribution in [-0.4, -0.2) is 30.8 Å².